The molecule has 1 aliphatic rings. The van der Waals surface area contributed by atoms with Gasteiger partial charge in [-0.3, -0.25) is 9.69 Å². The van der Waals surface area contributed by atoms with Gasteiger partial charge in [0.15, 0.2) is 0 Å². The fourth-order valence-electron chi connectivity index (χ4n) is 3.06. The molecular formula is C17H25ClN2O. The lowest BCUT2D eigenvalue weighted by Gasteiger charge is -2.34. The molecule has 1 fully saturated rings. The Hall–Kier alpha value is -1.06. The van der Waals surface area contributed by atoms with Crippen LogP contribution < -0.4 is 0 Å². The molecule has 21 heavy (non-hydrogen) atoms. The fourth-order valence-corrected chi connectivity index (χ4v) is 3.26. The molecule has 0 bridgehead atoms. The van der Waals surface area contributed by atoms with Crippen LogP contribution in [0, 0.1) is 5.92 Å². The average Bonchev–Trinajstić information content (AvgIpc) is 2.51. The van der Waals surface area contributed by atoms with Crippen LogP contribution in [-0.2, 0) is 11.3 Å². The van der Waals surface area contributed by atoms with Crippen LogP contribution in [0.4, 0.5) is 0 Å². The van der Waals surface area contributed by atoms with Gasteiger partial charge in [-0.05, 0) is 44.9 Å². The van der Waals surface area contributed by atoms with Crippen LogP contribution in [0.15, 0.2) is 24.3 Å². The number of amides is 1. The molecule has 1 atom stereocenters. The maximum absolute atomic E-state index is 12.5. The van der Waals surface area contributed by atoms with Crippen molar-refractivity contribution in [2.75, 3.05) is 26.2 Å². The molecule has 0 unspecified atom stereocenters. The molecule has 0 saturated carbocycles. The quantitative estimate of drug-likeness (QED) is 0.832. The third-order valence-corrected chi connectivity index (χ3v) is 4.65. The molecule has 0 spiro atoms. The highest BCUT2D eigenvalue weighted by molar-refractivity contribution is 6.31. The van der Waals surface area contributed by atoms with E-state index in [0.29, 0.717) is 5.91 Å². The average molecular weight is 309 g/mol. The van der Waals surface area contributed by atoms with E-state index in [9.17, 15) is 4.79 Å². The first kappa shape index (κ1) is 16.3. The molecule has 2 rings (SSSR count). The Bertz CT molecular complexity index is 474. The van der Waals surface area contributed by atoms with E-state index in [2.05, 4.69) is 11.0 Å². The van der Waals surface area contributed by atoms with E-state index in [4.69, 9.17) is 11.6 Å². The zero-order valence-electron chi connectivity index (χ0n) is 13.0. The standard InChI is InChI=1S/C17H25ClN2O/c1-3-20(4-2)17(21)15-9-7-11-19(13-15)12-14-8-5-6-10-16(14)18/h5-6,8,10,15H,3-4,7,9,11-13H2,1-2H3/t15-/m0/s1. The summed E-state index contributed by atoms with van der Waals surface area (Å²) in [7, 11) is 0. The van der Waals surface area contributed by atoms with Gasteiger partial charge in [0.1, 0.15) is 0 Å². The lowest BCUT2D eigenvalue weighted by molar-refractivity contribution is -0.137. The summed E-state index contributed by atoms with van der Waals surface area (Å²) in [5.41, 5.74) is 1.15. The zero-order valence-corrected chi connectivity index (χ0v) is 13.8. The highest BCUT2D eigenvalue weighted by Gasteiger charge is 2.28. The topological polar surface area (TPSA) is 23.6 Å². The smallest absolute Gasteiger partial charge is 0.226 e. The van der Waals surface area contributed by atoms with E-state index in [-0.39, 0.29) is 5.92 Å². The van der Waals surface area contributed by atoms with Crippen LogP contribution in [0.25, 0.3) is 0 Å². The van der Waals surface area contributed by atoms with E-state index < -0.39 is 0 Å². The molecule has 3 nitrogen and oxygen atoms in total. The van der Waals surface area contributed by atoms with Crippen molar-refractivity contribution in [3.05, 3.63) is 34.9 Å². The molecule has 0 aromatic heterocycles. The van der Waals surface area contributed by atoms with Crippen LogP contribution in [0.2, 0.25) is 5.02 Å². The van der Waals surface area contributed by atoms with E-state index in [1.807, 2.05) is 36.9 Å². The maximum atomic E-state index is 12.5. The van der Waals surface area contributed by atoms with Crippen LogP contribution in [0.5, 0.6) is 0 Å². The lowest BCUT2D eigenvalue weighted by Crippen LogP contribution is -2.44. The number of piperidine rings is 1. The molecule has 0 radical (unpaired) electrons. The summed E-state index contributed by atoms with van der Waals surface area (Å²) < 4.78 is 0. The Labute approximate surface area is 132 Å². The van der Waals surface area contributed by atoms with Crippen molar-refractivity contribution < 1.29 is 4.79 Å². The summed E-state index contributed by atoms with van der Waals surface area (Å²) >= 11 is 6.24. The molecule has 1 aliphatic heterocycles. The number of carbonyl (C=O) groups excluding carboxylic acids is 1. The number of likely N-dealkylation sites (tertiary alicyclic amines) is 1. The van der Waals surface area contributed by atoms with Gasteiger partial charge in [0, 0.05) is 31.2 Å². The van der Waals surface area contributed by atoms with Gasteiger partial charge in [0.25, 0.3) is 0 Å². The molecule has 0 N–H and O–H groups in total. The largest absolute Gasteiger partial charge is 0.343 e. The van der Waals surface area contributed by atoms with E-state index in [0.717, 1.165) is 56.2 Å². The number of nitrogens with zero attached hydrogens (tertiary/aromatic N) is 2. The first-order chi connectivity index (χ1) is 10.2. The number of hydrogen-bond acceptors (Lipinski definition) is 2. The second kappa shape index (κ2) is 7.81. The number of rotatable bonds is 5. The van der Waals surface area contributed by atoms with Crippen LogP contribution in [-0.4, -0.2) is 41.9 Å². The summed E-state index contributed by atoms with van der Waals surface area (Å²) in [6, 6.07) is 7.97. The van der Waals surface area contributed by atoms with Crippen molar-refractivity contribution in [1.29, 1.82) is 0 Å². The van der Waals surface area contributed by atoms with Gasteiger partial charge in [0.2, 0.25) is 5.91 Å². The Morgan fingerprint density at radius 1 is 1.33 bits per heavy atom. The number of benzene rings is 1. The highest BCUT2D eigenvalue weighted by atomic mass is 35.5. The minimum atomic E-state index is 0.140. The summed E-state index contributed by atoms with van der Waals surface area (Å²) in [4.78, 5) is 16.8. The second-order valence-corrected chi connectivity index (χ2v) is 6.08. The van der Waals surface area contributed by atoms with Gasteiger partial charge in [-0.25, -0.2) is 0 Å². The predicted octanol–water partition coefficient (Wildman–Crippen LogP) is 3.42. The molecule has 116 valence electrons. The van der Waals surface area contributed by atoms with Gasteiger partial charge in [0.05, 0.1) is 5.92 Å². The van der Waals surface area contributed by atoms with Crippen molar-refractivity contribution in [3.8, 4) is 0 Å². The molecule has 1 heterocycles. The molecule has 1 saturated heterocycles. The van der Waals surface area contributed by atoms with Crippen LogP contribution in [0.3, 0.4) is 0 Å². The van der Waals surface area contributed by atoms with E-state index >= 15 is 0 Å². The van der Waals surface area contributed by atoms with E-state index in [1.54, 1.807) is 0 Å². The van der Waals surface area contributed by atoms with Gasteiger partial charge < -0.3 is 4.90 Å². The van der Waals surface area contributed by atoms with Crippen molar-refractivity contribution in [2.24, 2.45) is 5.92 Å². The van der Waals surface area contributed by atoms with Crippen molar-refractivity contribution in [1.82, 2.24) is 9.80 Å². The van der Waals surface area contributed by atoms with E-state index in [1.165, 1.54) is 0 Å². The minimum absolute atomic E-state index is 0.140. The lowest BCUT2D eigenvalue weighted by atomic mass is 9.96. The Morgan fingerprint density at radius 2 is 2.05 bits per heavy atom. The van der Waals surface area contributed by atoms with Gasteiger partial charge in [-0.2, -0.15) is 0 Å². The predicted molar refractivity (Wildman–Crippen MR) is 87.4 cm³/mol. The summed E-state index contributed by atoms with van der Waals surface area (Å²) in [5.74, 6) is 0.449. The minimum Gasteiger partial charge on any atom is -0.343 e. The number of carbonyl (C=O) groups is 1. The fraction of sp³-hybridized carbons (Fsp3) is 0.588. The zero-order chi connectivity index (χ0) is 15.2. The Morgan fingerprint density at radius 3 is 2.71 bits per heavy atom. The Kier molecular flexibility index (Phi) is 6.07. The maximum Gasteiger partial charge on any atom is 0.226 e. The summed E-state index contributed by atoms with van der Waals surface area (Å²) in [6.45, 7) is 8.43. The van der Waals surface area contributed by atoms with Crippen molar-refractivity contribution in [3.63, 3.8) is 0 Å². The SMILES string of the molecule is CCN(CC)C(=O)[C@H]1CCCN(Cc2ccccc2Cl)C1. The first-order valence-corrected chi connectivity index (χ1v) is 8.28. The molecule has 4 heteroatoms. The molecular weight excluding hydrogens is 284 g/mol. The second-order valence-electron chi connectivity index (χ2n) is 5.68. The molecule has 0 aliphatic carbocycles. The Balaban J connectivity index is 1.98. The van der Waals surface area contributed by atoms with Gasteiger partial charge in [-0.1, -0.05) is 29.8 Å². The van der Waals surface area contributed by atoms with Crippen molar-refractivity contribution in [2.45, 2.75) is 33.2 Å². The summed E-state index contributed by atoms with van der Waals surface area (Å²) in [6.07, 6.45) is 2.09. The van der Waals surface area contributed by atoms with Crippen LogP contribution in [0.1, 0.15) is 32.3 Å². The highest BCUT2D eigenvalue weighted by Crippen LogP contribution is 2.23. The first-order valence-electron chi connectivity index (χ1n) is 7.90. The summed E-state index contributed by atoms with van der Waals surface area (Å²) in [5, 5.41) is 0.815. The third kappa shape index (κ3) is 4.21. The van der Waals surface area contributed by atoms with Gasteiger partial charge in [-0.15, -0.1) is 0 Å². The monoisotopic (exact) mass is 308 g/mol. The number of halogens is 1. The molecule has 1 aromatic rings. The van der Waals surface area contributed by atoms with Crippen LogP contribution >= 0.6 is 11.6 Å². The number of hydrogen-bond donors (Lipinski definition) is 0. The van der Waals surface area contributed by atoms with Crippen molar-refractivity contribution >= 4 is 17.5 Å². The normalized spacial score (nSPS) is 19.5. The van der Waals surface area contributed by atoms with Gasteiger partial charge >= 0.3 is 0 Å². The molecule has 1 aromatic carbocycles. The molecule has 1 amide bonds. The third-order valence-electron chi connectivity index (χ3n) is 4.28.